The highest BCUT2D eigenvalue weighted by molar-refractivity contribution is 4.90. The fraction of sp³-hybridized carbons (Fsp3) is 1.00. The Labute approximate surface area is 108 Å². The van der Waals surface area contributed by atoms with Crippen LogP contribution < -0.4 is 5.32 Å². The van der Waals surface area contributed by atoms with Gasteiger partial charge in [0.1, 0.15) is 0 Å². The first kappa shape index (κ1) is 13.4. The lowest BCUT2D eigenvalue weighted by Gasteiger charge is -2.34. The third-order valence-electron chi connectivity index (χ3n) is 4.79. The van der Waals surface area contributed by atoms with Gasteiger partial charge in [0.05, 0.1) is 0 Å². The van der Waals surface area contributed by atoms with Crippen LogP contribution in [0.15, 0.2) is 0 Å². The van der Waals surface area contributed by atoms with Crippen molar-refractivity contribution in [3.63, 3.8) is 0 Å². The smallest absolute Gasteiger partial charge is 0.00981 e. The Morgan fingerprint density at radius 1 is 1.00 bits per heavy atom. The van der Waals surface area contributed by atoms with Crippen molar-refractivity contribution in [3.8, 4) is 0 Å². The Kier molecular flexibility index (Phi) is 4.90. The van der Waals surface area contributed by atoms with Gasteiger partial charge >= 0.3 is 0 Å². The van der Waals surface area contributed by atoms with Crippen LogP contribution in [0.3, 0.4) is 0 Å². The summed E-state index contributed by atoms with van der Waals surface area (Å²) in [5.41, 5.74) is 0. The Hall–Kier alpha value is -0.0400. The van der Waals surface area contributed by atoms with Crippen molar-refractivity contribution in [2.45, 2.75) is 84.2 Å². The molecule has 0 aromatic heterocycles. The highest BCUT2D eigenvalue weighted by Gasteiger charge is 2.33. The van der Waals surface area contributed by atoms with Crippen molar-refractivity contribution >= 4 is 0 Å². The summed E-state index contributed by atoms with van der Waals surface area (Å²) >= 11 is 0. The second-order valence-electron chi connectivity index (χ2n) is 6.95. The molecule has 0 bridgehead atoms. The summed E-state index contributed by atoms with van der Waals surface area (Å²) in [7, 11) is 0. The molecular weight excluding hydrogens is 206 g/mol. The van der Waals surface area contributed by atoms with Crippen molar-refractivity contribution in [2.75, 3.05) is 0 Å². The molecule has 2 fully saturated rings. The van der Waals surface area contributed by atoms with Gasteiger partial charge in [-0.05, 0) is 56.3 Å². The molecule has 0 aliphatic heterocycles. The minimum Gasteiger partial charge on any atom is -0.311 e. The molecule has 1 heteroatoms. The van der Waals surface area contributed by atoms with Crippen molar-refractivity contribution in [1.82, 2.24) is 5.32 Å². The van der Waals surface area contributed by atoms with Gasteiger partial charge in [0.15, 0.2) is 0 Å². The van der Waals surface area contributed by atoms with Gasteiger partial charge in [-0.15, -0.1) is 0 Å². The predicted octanol–water partition coefficient (Wildman–Crippen LogP) is 4.37. The van der Waals surface area contributed by atoms with E-state index in [1.165, 1.54) is 51.4 Å². The molecule has 17 heavy (non-hydrogen) atoms. The molecule has 0 saturated heterocycles. The minimum absolute atomic E-state index is 0.821. The number of hydrogen-bond acceptors (Lipinski definition) is 1. The second-order valence-corrected chi connectivity index (χ2v) is 6.95. The summed E-state index contributed by atoms with van der Waals surface area (Å²) in [6.45, 7) is 7.16. The van der Waals surface area contributed by atoms with Gasteiger partial charge in [-0.25, -0.2) is 0 Å². The fourth-order valence-corrected chi connectivity index (χ4v) is 3.31. The van der Waals surface area contributed by atoms with Crippen molar-refractivity contribution in [2.24, 2.45) is 17.8 Å². The van der Waals surface area contributed by atoms with E-state index < -0.39 is 0 Å². The van der Waals surface area contributed by atoms with Gasteiger partial charge < -0.3 is 5.32 Å². The van der Waals surface area contributed by atoms with Crippen molar-refractivity contribution in [3.05, 3.63) is 0 Å². The first-order chi connectivity index (χ1) is 8.16. The van der Waals surface area contributed by atoms with Gasteiger partial charge in [-0.2, -0.15) is 0 Å². The van der Waals surface area contributed by atoms with Crippen LogP contribution in [0.2, 0.25) is 0 Å². The van der Waals surface area contributed by atoms with Crippen LogP contribution in [0.1, 0.15) is 72.1 Å². The van der Waals surface area contributed by atoms with E-state index in [1.807, 2.05) is 0 Å². The van der Waals surface area contributed by atoms with E-state index >= 15 is 0 Å². The number of rotatable bonds is 6. The molecule has 3 atom stereocenters. The molecule has 0 spiro atoms. The van der Waals surface area contributed by atoms with E-state index in [9.17, 15) is 0 Å². The third-order valence-corrected chi connectivity index (χ3v) is 4.79. The molecule has 0 amide bonds. The van der Waals surface area contributed by atoms with E-state index in [1.54, 1.807) is 0 Å². The maximum atomic E-state index is 4.02. The van der Waals surface area contributed by atoms with Crippen LogP contribution >= 0.6 is 0 Å². The Bertz CT molecular complexity index is 220. The molecule has 3 unspecified atom stereocenters. The minimum atomic E-state index is 0.821. The second kappa shape index (κ2) is 6.22. The zero-order valence-electron chi connectivity index (χ0n) is 12.0. The first-order valence-corrected chi connectivity index (χ1v) is 7.93. The highest BCUT2D eigenvalue weighted by atomic mass is 15.0. The standard InChI is InChI=1S/C16H31N/c1-12(2)8-11-16(14-9-10-14)17-15-7-5-4-6-13(15)3/h12-17H,4-11H2,1-3H3. The SMILES string of the molecule is CC(C)CCC(NC1CCCCC1C)C1CC1. The summed E-state index contributed by atoms with van der Waals surface area (Å²) in [5.74, 6) is 2.79. The molecule has 0 radical (unpaired) electrons. The molecule has 0 aromatic carbocycles. The molecule has 1 N–H and O–H groups in total. The molecule has 0 aromatic rings. The van der Waals surface area contributed by atoms with Gasteiger partial charge in [-0.3, -0.25) is 0 Å². The zero-order chi connectivity index (χ0) is 12.3. The fourth-order valence-electron chi connectivity index (χ4n) is 3.31. The van der Waals surface area contributed by atoms with E-state index in [2.05, 4.69) is 26.1 Å². The Balaban J connectivity index is 1.79. The molecule has 2 rings (SSSR count). The monoisotopic (exact) mass is 237 g/mol. The third kappa shape index (κ3) is 4.28. The maximum Gasteiger partial charge on any atom is 0.00981 e. The van der Waals surface area contributed by atoms with Gasteiger partial charge in [0.25, 0.3) is 0 Å². The summed E-state index contributed by atoms with van der Waals surface area (Å²) in [6, 6.07) is 1.66. The molecular formula is C16H31N. The van der Waals surface area contributed by atoms with Crippen LogP contribution in [0.4, 0.5) is 0 Å². The largest absolute Gasteiger partial charge is 0.311 e. The zero-order valence-corrected chi connectivity index (χ0v) is 12.0. The lowest BCUT2D eigenvalue weighted by Crippen LogP contribution is -2.44. The van der Waals surface area contributed by atoms with E-state index in [0.717, 1.165) is 29.8 Å². The molecule has 1 nitrogen and oxygen atoms in total. The molecule has 2 aliphatic rings. The van der Waals surface area contributed by atoms with Crippen molar-refractivity contribution in [1.29, 1.82) is 0 Å². The quantitative estimate of drug-likeness (QED) is 0.723. The average Bonchev–Trinajstić information content (AvgIpc) is 3.10. The van der Waals surface area contributed by atoms with E-state index in [0.29, 0.717) is 0 Å². The maximum absolute atomic E-state index is 4.02. The average molecular weight is 237 g/mol. The number of hydrogen-bond donors (Lipinski definition) is 1. The van der Waals surface area contributed by atoms with Crippen molar-refractivity contribution < 1.29 is 0 Å². The van der Waals surface area contributed by atoms with Gasteiger partial charge in [0.2, 0.25) is 0 Å². The van der Waals surface area contributed by atoms with Gasteiger partial charge in [0, 0.05) is 12.1 Å². The predicted molar refractivity (Wildman–Crippen MR) is 75.1 cm³/mol. The van der Waals surface area contributed by atoms with Crippen LogP contribution in [-0.4, -0.2) is 12.1 Å². The molecule has 2 aliphatic carbocycles. The molecule has 2 saturated carbocycles. The van der Waals surface area contributed by atoms with Crippen LogP contribution in [0.25, 0.3) is 0 Å². The van der Waals surface area contributed by atoms with Crippen LogP contribution in [0, 0.1) is 17.8 Å². The molecule has 0 heterocycles. The van der Waals surface area contributed by atoms with E-state index in [-0.39, 0.29) is 0 Å². The Morgan fingerprint density at radius 3 is 2.29 bits per heavy atom. The number of nitrogens with one attached hydrogen (secondary N) is 1. The van der Waals surface area contributed by atoms with Gasteiger partial charge in [-0.1, -0.05) is 33.6 Å². The normalized spacial score (nSPS) is 31.8. The topological polar surface area (TPSA) is 12.0 Å². The first-order valence-electron chi connectivity index (χ1n) is 7.93. The molecule has 100 valence electrons. The summed E-state index contributed by atoms with van der Waals surface area (Å²) in [6.07, 6.45) is 11.5. The van der Waals surface area contributed by atoms with Crippen LogP contribution in [-0.2, 0) is 0 Å². The summed E-state index contributed by atoms with van der Waals surface area (Å²) in [4.78, 5) is 0. The van der Waals surface area contributed by atoms with E-state index in [4.69, 9.17) is 0 Å². The Morgan fingerprint density at radius 2 is 1.71 bits per heavy atom. The van der Waals surface area contributed by atoms with Crippen LogP contribution in [0.5, 0.6) is 0 Å². The highest BCUT2D eigenvalue weighted by Crippen LogP contribution is 2.36. The summed E-state index contributed by atoms with van der Waals surface area (Å²) < 4.78 is 0. The lowest BCUT2D eigenvalue weighted by molar-refractivity contribution is 0.239. The summed E-state index contributed by atoms with van der Waals surface area (Å²) in [5, 5.41) is 4.02. The lowest BCUT2D eigenvalue weighted by atomic mass is 9.85.